The van der Waals surface area contributed by atoms with Crippen molar-refractivity contribution in [1.29, 1.82) is 0 Å². The number of aromatic nitrogens is 3. The van der Waals surface area contributed by atoms with Gasteiger partial charge < -0.3 is 5.32 Å². The maximum Gasteiger partial charge on any atom is 0.416 e. The topological polar surface area (TPSA) is 59.8 Å². The van der Waals surface area contributed by atoms with Crippen LogP contribution >= 0.6 is 0 Å². The number of pyridine rings is 1. The number of hydrogen-bond acceptors (Lipinski definition) is 3. The molecule has 0 aliphatic heterocycles. The minimum atomic E-state index is -4.41. The summed E-state index contributed by atoms with van der Waals surface area (Å²) >= 11 is 0. The van der Waals surface area contributed by atoms with Gasteiger partial charge in [-0.3, -0.25) is 4.79 Å². The van der Waals surface area contributed by atoms with Crippen LogP contribution < -0.4 is 5.32 Å². The monoisotopic (exact) mass is 346 g/mol. The molecule has 5 nitrogen and oxygen atoms in total. The zero-order valence-electron chi connectivity index (χ0n) is 12.9. The largest absolute Gasteiger partial charge is 0.416 e. The van der Waals surface area contributed by atoms with E-state index in [4.69, 9.17) is 0 Å². The quantitative estimate of drug-likeness (QED) is 0.789. The first kappa shape index (κ1) is 16.7. The number of nitrogens with one attached hydrogen (secondary N) is 1. The van der Waals surface area contributed by atoms with Crippen molar-refractivity contribution in [3.63, 3.8) is 0 Å². The maximum absolute atomic E-state index is 12.7. The van der Waals surface area contributed by atoms with E-state index in [0.717, 1.165) is 12.1 Å². The fraction of sp³-hybridized carbons (Fsp3) is 0.118. The number of benzene rings is 1. The highest BCUT2D eigenvalue weighted by Gasteiger charge is 2.30. The van der Waals surface area contributed by atoms with Crippen molar-refractivity contribution in [3.05, 3.63) is 77.7 Å². The molecule has 3 aromatic rings. The Morgan fingerprint density at radius 3 is 2.64 bits per heavy atom. The summed E-state index contributed by atoms with van der Waals surface area (Å²) in [5, 5.41) is 6.61. The number of hydrogen-bond donors (Lipinski definition) is 1. The third-order valence-electron chi connectivity index (χ3n) is 3.46. The molecular weight excluding hydrogens is 333 g/mol. The summed E-state index contributed by atoms with van der Waals surface area (Å²) in [5.41, 5.74) is -0.0725. The maximum atomic E-state index is 12.7. The van der Waals surface area contributed by atoms with Crippen molar-refractivity contribution in [2.24, 2.45) is 0 Å². The molecule has 0 fully saturated rings. The van der Waals surface area contributed by atoms with Gasteiger partial charge in [-0.15, -0.1) is 0 Å². The van der Waals surface area contributed by atoms with Crippen LogP contribution in [0.25, 0.3) is 5.82 Å². The molecule has 0 bridgehead atoms. The molecule has 2 aromatic heterocycles. The van der Waals surface area contributed by atoms with E-state index < -0.39 is 17.6 Å². The summed E-state index contributed by atoms with van der Waals surface area (Å²) in [6.45, 7) is -0.0103. The molecule has 0 radical (unpaired) electrons. The number of nitrogens with zero attached hydrogens (tertiary/aromatic N) is 3. The lowest BCUT2D eigenvalue weighted by atomic mass is 10.1. The molecular formula is C17H13F3N4O. The van der Waals surface area contributed by atoms with Gasteiger partial charge in [-0.1, -0.05) is 12.1 Å². The smallest absolute Gasteiger partial charge is 0.348 e. The fourth-order valence-electron chi connectivity index (χ4n) is 2.20. The van der Waals surface area contributed by atoms with Crippen molar-refractivity contribution in [1.82, 2.24) is 20.1 Å². The molecule has 0 aliphatic carbocycles. The lowest BCUT2D eigenvalue weighted by Gasteiger charge is -2.10. The van der Waals surface area contributed by atoms with Crippen molar-refractivity contribution in [3.8, 4) is 5.82 Å². The molecule has 3 rings (SSSR count). The number of carbonyl (C=O) groups excluding carboxylic acids is 1. The van der Waals surface area contributed by atoms with Gasteiger partial charge >= 0.3 is 6.18 Å². The van der Waals surface area contributed by atoms with E-state index in [-0.39, 0.29) is 6.54 Å². The van der Waals surface area contributed by atoms with Crippen molar-refractivity contribution in [2.45, 2.75) is 12.7 Å². The van der Waals surface area contributed by atoms with Crippen LogP contribution in [0.15, 0.2) is 61.1 Å². The number of halogens is 3. The van der Waals surface area contributed by atoms with Crippen LogP contribution in [0.4, 0.5) is 13.2 Å². The van der Waals surface area contributed by atoms with E-state index in [2.05, 4.69) is 15.4 Å². The van der Waals surface area contributed by atoms with E-state index in [9.17, 15) is 18.0 Å². The predicted molar refractivity (Wildman–Crippen MR) is 84.0 cm³/mol. The summed E-state index contributed by atoms with van der Waals surface area (Å²) in [6.07, 6.45) is 0.303. The van der Waals surface area contributed by atoms with Crippen LogP contribution in [-0.2, 0) is 12.7 Å². The molecule has 0 aliphatic rings. The van der Waals surface area contributed by atoms with Crippen molar-refractivity contribution in [2.75, 3.05) is 0 Å². The first-order valence-electron chi connectivity index (χ1n) is 7.34. The third-order valence-corrected chi connectivity index (χ3v) is 3.46. The van der Waals surface area contributed by atoms with Gasteiger partial charge in [0.15, 0.2) is 5.82 Å². The number of amides is 1. The Morgan fingerprint density at radius 2 is 2.00 bits per heavy atom. The normalized spacial score (nSPS) is 11.3. The molecule has 25 heavy (non-hydrogen) atoms. The SMILES string of the molecule is O=C(NCc1cccc(C(F)(F)F)c1)c1ccc(-n2cccn2)nc1. The molecule has 0 atom stereocenters. The van der Waals surface area contributed by atoms with Crippen LogP contribution in [0.3, 0.4) is 0 Å². The summed E-state index contributed by atoms with van der Waals surface area (Å²) in [5.74, 6) is 0.136. The van der Waals surface area contributed by atoms with E-state index in [1.807, 2.05) is 0 Å². The Kier molecular flexibility index (Phi) is 4.51. The molecule has 0 spiro atoms. The highest BCUT2D eigenvalue weighted by Crippen LogP contribution is 2.29. The van der Waals surface area contributed by atoms with E-state index in [1.54, 1.807) is 35.3 Å². The first-order valence-corrected chi connectivity index (χ1v) is 7.34. The van der Waals surface area contributed by atoms with Gasteiger partial charge in [0.2, 0.25) is 0 Å². The highest BCUT2D eigenvalue weighted by atomic mass is 19.4. The number of rotatable bonds is 4. The fourth-order valence-corrected chi connectivity index (χ4v) is 2.20. The van der Waals surface area contributed by atoms with Gasteiger partial charge in [0.1, 0.15) is 0 Å². The van der Waals surface area contributed by atoms with Crippen LogP contribution in [-0.4, -0.2) is 20.7 Å². The Bertz CT molecular complexity index is 858. The Morgan fingerprint density at radius 1 is 1.16 bits per heavy atom. The van der Waals surface area contributed by atoms with Gasteiger partial charge in [-0.05, 0) is 35.9 Å². The Labute approximate surface area is 141 Å². The molecule has 2 heterocycles. The predicted octanol–water partition coefficient (Wildman–Crippen LogP) is 3.22. The summed E-state index contributed by atoms with van der Waals surface area (Å²) < 4.78 is 39.6. The first-order chi connectivity index (χ1) is 11.9. The van der Waals surface area contributed by atoms with Gasteiger partial charge in [0.05, 0.1) is 11.1 Å². The van der Waals surface area contributed by atoms with Crippen LogP contribution in [0, 0.1) is 0 Å². The molecule has 0 saturated carbocycles. The van der Waals surface area contributed by atoms with E-state index >= 15 is 0 Å². The van der Waals surface area contributed by atoms with Gasteiger partial charge in [0.25, 0.3) is 5.91 Å². The second-order valence-electron chi connectivity index (χ2n) is 5.24. The molecule has 1 N–H and O–H groups in total. The number of alkyl halides is 3. The highest BCUT2D eigenvalue weighted by molar-refractivity contribution is 5.93. The standard InChI is InChI=1S/C17H13F3N4O/c18-17(19,20)14-4-1-3-12(9-14)10-22-16(25)13-5-6-15(21-11-13)24-8-2-7-23-24/h1-9,11H,10H2,(H,22,25). The second-order valence-corrected chi connectivity index (χ2v) is 5.24. The van der Waals surface area contributed by atoms with Crippen molar-refractivity contribution < 1.29 is 18.0 Å². The van der Waals surface area contributed by atoms with E-state index in [1.165, 1.54) is 18.3 Å². The molecule has 0 unspecified atom stereocenters. The second kappa shape index (κ2) is 6.76. The third kappa shape index (κ3) is 4.03. The Balaban J connectivity index is 1.65. The summed E-state index contributed by atoms with van der Waals surface area (Å²) in [4.78, 5) is 16.2. The summed E-state index contributed by atoms with van der Waals surface area (Å²) in [6, 6.07) is 9.79. The average Bonchev–Trinajstić information content (AvgIpc) is 3.14. The zero-order chi connectivity index (χ0) is 17.9. The number of carbonyl (C=O) groups is 1. The minimum absolute atomic E-state index is 0.0103. The van der Waals surface area contributed by atoms with Gasteiger partial charge in [-0.25, -0.2) is 9.67 Å². The van der Waals surface area contributed by atoms with Crippen LogP contribution in [0.1, 0.15) is 21.5 Å². The molecule has 0 saturated heterocycles. The van der Waals surface area contributed by atoms with Gasteiger partial charge in [0, 0.05) is 25.1 Å². The lowest BCUT2D eigenvalue weighted by Crippen LogP contribution is -2.23. The zero-order valence-corrected chi connectivity index (χ0v) is 12.9. The minimum Gasteiger partial charge on any atom is -0.348 e. The van der Waals surface area contributed by atoms with E-state index in [0.29, 0.717) is 16.9 Å². The van der Waals surface area contributed by atoms with Gasteiger partial charge in [-0.2, -0.15) is 18.3 Å². The van der Waals surface area contributed by atoms with Crippen molar-refractivity contribution >= 4 is 5.91 Å². The molecule has 128 valence electrons. The molecule has 1 amide bonds. The Hall–Kier alpha value is -3.16. The molecule has 8 heteroatoms. The average molecular weight is 346 g/mol. The van der Waals surface area contributed by atoms with Crippen LogP contribution in [0.2, 0.25) is 0 Å². The lowest BCUT2D eigenvalue weighted by molar-refractivity contribution is -0.137. The molecule has 1 aromatic carbocycles. The van der Waals surface area contributed by atoms with Crippen LogP contribution in [0.5, 0.6) is 0 Å². The summed E-state index contributed by atoms with van der Waals surface area (Å²) in [7, 11) is 0.